The molecule has 2 N–H and O–H groups in total. The highest BCUT2D eigenvalue weighted by atomic mass is 32.1. The van der Waals surface area contributed by atoms with Gasteiger partial charge in [0, 0.05) is 12.0 Å². The van der Waals surface area contributed by atoms with E-state index < -0.39 is 12.0 Å². The first kappa shape index (κ1) is 11.8. The van der Waals surface area contributed by atoms with Crippen LogP contribution >= 0.6 is 11.3 Å². The van der Waals surface area contributed by atoms with Crippen molar-refractivity contribution in [3.8, 4) is 0 Å². The van der Waals surface area contributed by atoms with Gasteiger partial charge in [-0.2, -0.15) is 22.8 Å². The predicted molar refractivity (Wildman–Crippen MR) is 58.2 cm³/mol. The molecule has 1 aliphatic rings. The molecule has 0 amide bonds. The van der Waals surface area contributed by atoms with Crippen LogP contribution in [0.4, 0.5) is 13.2 Å². The summed E-state index contributed by atoms with van der Waals surface area (Å²) in [5, 5.41) is 11.3. The van der Waals surface area contributed by atoms with E-state index in [1.807, 2.05) is 0 Å². The third-order valence-corrected chi connectivity index (χ3v) is 4.14. The van der Waals surface area contributed by atoms with Crippen molar-refractivity contribution >= 4 is 16.3 Å². The lowest BCUT2D eigenvalue weighted by Gasteiger charge is -2.04. The van der Waals surface area contributed by atoms with E-state index in [4.69, 9.17) is 5.73 Å². The smallest absolute Gasteiger partial charge is 0.328 e. The number of hydrogen-bond donors (Lipinski definition) is 1. The molecule has 5 nitrogen and oxygen atoms in total. The Kier molecular flexibility index (Phi) is 2.56. The quantitative estimate of drug-likeness (QED) is 0.863. The Morgan fingerprint density at radius 1 is 1.28 bits per heavy atom. The summed E-state index contributed by atoms with van der Waals surface area (Å²) in [6, 6.07) is 0.117. The molecule has 1 fully saturated rings. The molecule has 3 rings (SSSR count). The summed E-state index contributed by atoms with van der Waals surface area (Å²) in [6.07, 6.45) is -2.01. The monoisotopic (exact) mass is 277 g/mol. The molecule has 0 unspecified atom stereocenters. The second-order valence-electron chi connectivity index (χ2n) is 4.43. The number of halogens is 3. The Bertz CT molecular complexity index is 574. The van der Waals surface area contributed by atoms with Crippen molar-refractivity contribution in [1.29, 1.82) is 0 Å². The molecule has 0 bridgehead atoms. The summed E-state index contributed by atoms with van der Waals surface area (Å²) in [6.45, 7) is 0. The highest BCUT2D eigenvalue weighted by Gasteiger charge is 2.39. The fourth-order valence-electron chi connectivity index (χ4n) is 2.21. The lowest BCUT2D eigenvalue weighted by Crippen LogP contribution is -2.14. The number of fused-ring (bicyclic) bond motifs is 1. The van der Waals surface area contributed by atoms with Crippen LogP contribution in [0.5, 0.6) is 0 Å². The summed E-state index contributed by atoms with van der Waals surface area (Å²) in [5.74, 6) is -0.921. The van der Waals surface area contributed by atoms with E-state index in [0.29, 0.717) is 5.01 Å². The summed E-state index contributed by atoms with van der Waals surface area (Å²) >= 11 is 1.16. The van der Waals surface area contributed by atoms with Crippen LogP contribution in [-0.2, 0) is 6.18 Å². The Balaban J connectivity index is 1.99. The topological polar surface area (TPSA) is 69.1 Å². The van der Waals surface area contributed by atoms with E-state index in [9.17, 15) is 13.2 Å². The third-order valence-electron chi connectivity index (χ3n) is 3.08. The van der Waals surface area contributed by atoms with Crippen LogP contribution in [-0.4, -0.2) is 25.9 Å². The number of rotatable bonds is 1. The molecule has 0 aromatic carbocycles. The Morgan fingerprint density at radius 2 is 2.06 bits per heavy atom. The van der Waals surface area contributed by atoms with Crippen LogP contribution in [0.1, 0.15) is 36.0 Å². The Hall–Kier alpha value is -1.22. The van der Waals surface area contributed by atoms with E-state index in [1.54, 1.807) is 0 Å². The van der Waals surface area contributed by atoms with Crippen molar-refractivity contribution in [3.05, 3.63) is 10.8 Å². The molecule has 9 heteroatoms. The maximum absolute atomic E-state index is 12.6. The molecule has 18 heavy (non-hydrogen) atoms. The number of nitrogens with zero attached hydrogens (tertiary/aromatic N) is 4. The van der Waals surface area contributed by atoms with Gasteiger partial charge in [0.05, 0.1) is 0 Å². The number of aromatic nitrogens is 4. The molecule has 2 heterocycles. The third kappa shape index (κ3) is 1.87. The van der Waals surface area contributed by atoms with Gasteiger partial charge < -0.3 is 5.73 Å². The zero-order chi connectivity index (χ0) is 12.9. The van der Waals surface area contributed by atoms with Gasteiger partial charge in [0.1, 0.15) is 5.01 Å². The minimum absolute atomic E-state index is 0.117. The summed E-state index contributed by atoms with van der Waals surface area (Å²) in [5.41, 5.74) is 5.79. The largest absolute Gasteiger partial charge is 0.453 e. The number of hydrogen-bond acceptors (Lipinski definition) is 5. The van der Waals surface area contributed by atoms with Gasteiger partial charge in [-0.15, -0.1) is 10.2 Å². The maximum atomic E-state index is 12.6. The van der Waals surface area contributed by atoms with E-state index in [2.05, 4.69) is 15.3 Å². The predicted octanol–water partition coefficient (Wildman–Crippen LogP) is 1.80. The minimum atomic E-state index is -4.53. The molecule has 98 valence electrons. The van der Waals surface area contributed by atoms with Gasteiger partial charge in [-0.3, -0.25) is 0 Å². The van der Waals surface area contributed by atoms with Gasteiger partial charge in [0.15, 0.2) is 0 Å². The SMILES string of the molecule is N[C@H]1CC[C@@H](c2nn3c(C(F)(F)F)nnc3s2)C1. The second-order valence-corrected chi connectivity index (χ2v) is 5.41. The first-order chi connectivity index (χ1) is 8.45. The van der Waals surface area contributed by atoms with Crippen LogP contribution in [0.3, 0.4) is 0 Å². The van der Waals surface area contributed by atoms with Gasteiger partial charge in [0.2, 0.25) is 4.96 Å². The molecular weight excluding hydrogens is 267 g/mol. The van der Waals surface area contributed by atoms with Gasteiger partial charge in [-0.05, 0) is 19.3 Å². The number of nitrogens with two attached hydrogens (primary N) is 1. The average molecular weight is 277 g/mol. The van der Waals surface area contributed by atoms with Gasteiger partial charge in [-0.25, -0.2) is 0 Å². The van der Waals surface area contributed by atoms with Gasteiger partial charge >= 0.3 is 6.18 Å². The van der Waals surface area contributed by atoms with Crippen molar-refractivity contribution in [2.45, 2.75) is 37.4 Å². The molecule has 0 aliphatic heterocycles. The minimum Gasteiger partial charge on any atom is -0.328 e. The zero-order valence-electron chi connectivity index (χ0n) is 9.18. The van der Waals surface area contributed by atoms with E-state index in [1.165, 1.54) is 0 Å². The number of alkyl halides is 3. The summed E-state index contributed by atoms with van der Waals surface area (Å²) in [7, 11) is 0. The van der Waals surface area contributed by atoms with Crippen molar-refractivity contribution in [2.24, 2.45) is 5.73 Å². The first-order valence-electron chi connectivity index (χ1n) is 5.50. The molecule has 1 saturated carbocycles. The molecule has 0 radical (unpaired) electrons. The van der Waals surface area contributed by atoms with Crippen molar-refractivity contribution in [2.75, 3.05) is 0 Å². The van der Waals surface area contributed by atoms with Crippen LogP contribution in [0.25, 0.3) is 4.96 Å². The highest BCUT2D eigenvalue weighted by Crippen LogP contribution is 2.37. The van der Waals surface area contributed by atoms with E-state index in [-0.39, 0.29) is 16.9 Å². The molecule has 2 aromatic rings. The van der Waals surface area contributed by atoms with Gasteiger partial charge in [0.25, 0.3) is 5.82 Å². The maximum Gasteiger partial charge on any atom is 0.453 e. The normalized spacial score (nSPS) is 25.1. The molecule has 2 atom stereocenters. The van der Waals surface area contributed by atoms with E-state index >= 15 is 0 Å². The molecule has 0 spiro atoms. The van der Waals surface area contributed by atoms with Crippen molar-refractivity contribution in [1.82, 2.24) is 19.8 Å². The standard InChI is InChI=1S/C9H10F3N5S/c10-9(11,12)7-14-15-8-17(7)16-6(18-8)4-1-2-5(13)3-4/h4-5H,1-3,13H2/t4-,5+/m1/s1. The molecule has 2 aromatic heterocycles. The lowest BCUT2D eigenvalue weighted by molar-refractivity contribution is -0.146. The Morgan fingerprint density at radius 3 is 2.67 bits per heavy atom. The molecular formula is C9H10F3N5S. The van der Waals surface area contributed by atoms with Crippen LogP contribution in [0.15, 0.2) is 0 Å². The second kappa shape index (κ2) is 3.89. The summed E-state index contributed by atoms with van der Waals surface area (Å²) < 4.78 is 38.6. The van der Waals surface area contributed by atoms with Crippen LogP contribution < -0.4 is 5.73 Å². The highest BCUT2D eigenvalue weighted by molar-refractivity contribution is 7.16. The van der Waals surface area contributed by atoms with E-state index in [0.717, 1.165) is 35.1 Å². The first-order valence-corrected chi connectivity index (χ1v) is 6.31. The zero-order valence-corrected chi connectivity index (χ0v) is 10.0. The fraction of sp³-hybridized carbons (Fsp3) is 0.667. The Labute approximate surface area is 104 Å². The fourth-order valence-corrected chi connectivity index (χ4v) is 3.20. The molecule has 1 aliphatic carbocycles. The molecule has 0 saturated heterocycles. The van der Waals surface area contributed by atoms with Crippen LogP contribution in [0, 0.1) is 0 Å². The van der Waals surface area contributed by atoms with Crippen LogP contribution in [0.2, 0.25) is 0 Å². The summed E-state index contributed by atoms with van der Waals surface area (Å²) in [4.78, 5) is 0.179. The van der Waals surface area contributed by atoms with Crippen molar-refractivity contribution < 1.29 is 13.2 Å². The average Bonchev–Trinajstić information content (AvgIpc) is 2.87. The van der Waals surface area contributed by atoms with Gasteiger partial charge in [-0.1, -0.05) is 11.3 Å². The lowest BCUT2D eigenvalue weighted by atomic mass is 10.1. The van der Waals surface area contributed by atoms with Crippen molar-refractivity contribution in [3.63, 3.8) is 0 Å².